The molecule has 0 atom stereocenters. The van der Waals surface area contributed by atoms with Gasteiger partial charge in [0.05, 0.1) is 36.2 Å². The maximum atomic E-state index is 13.2. The first-order valence-corrected chi connectivity index (χ1v) is 7.95. The molecule has 0 fully saturated rings. The number of carbonyl (C=O) groups is 2. The molecule has 0 spiro atoms. The first-order valence-electron chi connectivity index (χ1n) is 7.95. The van der Waals surface area contributed by atoms with E-state index in [1.54, 1.807) is 6.92 Å². The minimum Gasteiger partial charge on any atom is -0.465 e. The number of benzene rings is 1. The van der Waals surface area contributed by atoms with Crippen LogP contribution >= 0.6 is 0 Å². The van der Waals surface area contributed by atoms with Crippen LogP contribution in [0.4, 0.5) is 4.39 Å². The summed E-state index contributed by atoms with van der Waals surface area (Å²) in [6, 6.07) is 7.06. The second kappa shape index (κ2) is 7.88. The van der Waals surface area contributed by atoms with Crippen molar-refractivity contribution >= 4 is 11.9 Å². The van der Waals surface area contributed by atoms with Crippen LogP contribution in [0.1, 0.15) is 53.1 Å². The van der Waals surface area contributed by atoms with Crippen LogP contribution in [0.3, 0.4) is 0 Å². The molecule has 0 unspecified atom stereocenters. The van der Waals surface area contributed by atoms with E-state index in [0.717, 1.165) is 0 Å². The lowest BCUT2D eigenvalue weighted by Gasteiger charge is -2.16. The van der Waals surface area contributed by atoms with Crippen LogP contribution in [-0.2, 0) is 9.47 Å². The summed E-state index contributed by atoms with van der Waals surface area (Å²) in [4.78, 5) is 29.0. The molecule has 0 aliphatic rings. The Kier molecular flexibility index (Phi) is 5.85. The first-order chi connectivity index (χ1) is 11.9. The highest BCUT2D eigenvalue weighted by Gasteiger charge is 2.24. The van der Waals surface area contributed by atoms with E-state index < -0.39 is 17.8 Å². The zero-order chi connectivity index (χ0) is 18.6. The average molecular weight is 345 g/mol. The van der Waals surface area contributed by atoms with Gasteiger partial charge in [-0.2, -0.15) is 0 Å². The molecule has 5 nitrogen and oxygen atoms in total. The highest BCUT2D eigenvalue weighted by atomic mass is 19.1. The van der Waals surface area contributed by atoms with Crippen LogP contribution in [-0.4, -0.2) is 30.6 Å². The van der Waals surface area contributed by atoms with E-state index in [-0.39, 0.29) is 23.7 Å². The Morgan fingerprint density at radius 2 is 1.76 bits per heavy atom. The molecule has 1 aromatic carbocycles. The quantitative estimate of drug-likeness (QED) is 0.767. The summed E-state index contributed by atoms with van der Waals surface area (Å²) in [5, 5.41) is 0. The monoisotopic (exact) mass is 345 g/mol. The van der Waals surface area contributed by atoms with Crippen molar-refractivity contribution in [1.82, 2.24) is 4.98 Å². The van der Waals surface area contributed by atoms with Gasteiger partial charge in [-0.05, 0) is 43.2 Å². The standard InChI is InChI=1S/C19H20FNO4/c1-5-25-19(23)14-10-15(18(22)24-4)17(21-16(14)11(2)3)12-6-8-13(20)9-7-12/h6-11H,5H2,1-4H3. The molecule has 0 aliphatic heterocycles. The predicted octanol–water partition coefficient (Wildman–Crippen LogP) is 3.97. The molecule has 2 aromatic rings. The van der Waals surface area contributed by atoms with Gasteiger partial charge < -0.3 is 9.47 Å². The number of aromatic nitrogens is 1. The zero-order valence-corrected chi connectivity index (χ0v) is 14.6. The summed E-state index contributed by atoms with van der Waals surface area (Å²) in [6.07, 6.45) is 0. The van der Waals surface area contributed by atoms with Crippen LogP contribution in [0.5, 0.6) is 0 Å². The highest BCUT2D eigenvalue weighted by Crippen LogP contribution is 2.28. The van der Waals surface area contributed by atoms with Crippen LogP contribution in [0.25, 0.3) is 11.3 Å². The SMILES string of the molecule is CCOC(=O)c1cc(C(=O)OC)c(-c2ccc(F)cc2)nc1C(C)C. The summed E-state index contributed by atoms with van der Waals surface area (Å²) in [5.41, 5.74) is 1.75. The molecule has 0 amide bonds. The lowest BCUT2D eigenvalue weighted by molar-refractivity contribution is 0.0524. The van der Waals surface area contributed by atoms with Crippen LogP contribution in [0.15, 0.2) is 30.3 Å². The van der Waals surface area contributed by atoms with E-state index in [1.807, 2.05) is 13.8 Å². The molecule has 0 bridgehead atoms. The number of nitrogens with zero attached hydrogens (tertiary/aromatic N) is 1. The molecule has 132 valence electrons. The lowest BCUT2D eigenvalue weighted by atomic mass is 9.97. The van der Waals surface area contributed by atoms with Crippen molar-refractivity contribution in [3.8, 4) is 11.3 Å². The molecule has 0 saturated carbocycles. The van der Waals surface area contributed by atoms with Crippen molar-refractivity contribution in [2.75, 3.05) is 13.7 Å². The second-order valence-electron chi connectivity index (χ2n) is 5.69. The maximum Gasteiger partial charge on any atom is 0.340 e. The minimum atomic E-state index is -0.632. The molecule has 0 aliphatic carbocycles. The fourth-order valence-corrected chi connectivity index (χ4v) is 2.43. The first kappa shape index (κ1) is 18.6. The van der Waals surface area contributed by atoms with Gasteiger partial charge in [0, 0.05) is 5.56 Å². The Morgan fingerprint density at radius 3 is 2.28 bits per heavy atom. The second-order valence-corrected chi connectivity index (χ2v) is 5.69. The molecule has 25 heavy (non-hydrogen) atoms. The Labute approximate surface area is 145 Å². The van der Waals surface area contributed by atoms with E-state index in [4.69, 9.17) is 9.47 Å². The maximum absolute atomic E-state index is 13.2. The largest absolute Gasteiger partial charge is 0.465 e. The van der Waals surface area contributed by atoms with E-state index in [0.29, 0.717) is 17.0 Å². The Balaban J connectivity index is 2.72. The van der Waals surface area contributed by atoms with E-state index in [2.05, 4.69) is 4.98 Å². The van der Waals surface area contributed by atoms with Crippen molar-refractivity contribution < 1.29 is 23.5 Å². The number of methoxy groups -OCH3 is 1. The van der Waals surface area contributed by atoms with Crippen molar-refractivity contribution in [2.45, 2.75) is 26.7 Å². The number of esters is 2. The summed E-state index contributed by atoms with van der Waals surface area (Å²) in [5.74, 6) is -1.65. The van der Waals surface area contributed by atoms with Gasteiger partial charge in [0.1, 0.15) is 5.82 Å². The van der Waals surface area contributed by atoms with Gasteiger partial charge in [-0.1, -0.05) is 13.8 Å². The molecule has 2 rings (SSSR count). The third kappa shape index (κ3) is 4.02. The van der Waals surface area contributed by atoms with Gasteiger partial charge in [0.2, 0.25) is 0 Å². The number of pyridine rings is 1. The van der Waals surface area contributed by atoms with Gasteiger partial charge in [0.15, 0.2) is 0 Å². The minimum absolute atomic E-state index is 0.0784. The predicted molar refractivity (Wildman–Crippen MR) is 91.0 cm³/mol. The molecule has 6 heteroatoms. The van der Waals surface area contributed by atoms with Crippen molar-refractivity contribution in [2.24, 2.45) is 0 Å². The van der Waals surface area contributed by atoms with Gasteiger partial charge >= 0.3 is 11.9 Å². The fraction of sp³-hybridized carbons (Fsp3) is 0.316. The number of halogens is 1. The topological polar surface area (TPSA) is 65.5 Å². The lowest BCUT2D eigenvalue weighted by Crippen LogP contribution is -2.15. The number of ether oxygens (including phenoxy) is 2. The molecule has 1 heterocycles. The van der Waals surface area contributed by atoms with E-state index >= 15 is 0 Å². The van der Waals surface area contributed by atoms with E-state index in [1.165, 1.54) is 37.4 Å². The Bertz CT molecular complexity index is 785. The number of carbonyl (C=O) groups excluding carboxylic acids is 2. The average Bonchev–Trinajstić information content (AvgIpc) is 2.60. The third-order valence-corrected chi connectivity index (χ3v) is 3.62. The van der Waals surface area contributed by atoms with Gasteiger partial charge in [-0.25, -0.2) is 14.0 Å². The van der Waals surface area contributed by atoms with Gasteiger partial charge in [0.25, 0.3) is 0 Å². The number of hydrogen-bond donors (Lipinski definition) is 0. The van der Waals surface area contributed by atoms with Crippen LogP contribution < -0.4 is 0 Å². The summed E-state index contributed by atoms with van der Waals surface area (Å²) in [7, 11) is 1.25. The zero-order valence-electron chi connectivity index (χ0n) is 14.6. The summed E-state index contributed by atoms with van der Waals surface area (Å²) >= 11 is 0. The summed E-state index contributed by atoms with van der Waals surface area (Å²) in [6.45, 7) is 5.69. The fourth-order valence-electron chi connectivity index (χ4n) is 2.43. The van der Waals surface area contributed by atoms with Crippen molar-refractivity contribution in [3.05, 3.63) is 53.0 Å². The van der Waals surface area contributed by atoms with Crippen molar-refractivity contribution in [1.29, 1.82) is 0 Å². The third-order valence-electron chi connectivity index (χ3n) is 3.62. The Morgan fingerprint density at radius 1 is 1.12 bits per heavy atom. The smallest absolute Gasteiger partial charge is 0.340 e. The molecular formula is C19H20FNO4. The molecule has 0 N–H and O–H groups in total. The molecule has 1 aromatic heterocycles. The van der Waals surface area contributed by atoms with Gasteiger partial charge in [-0.15, -0.1) is 0 Å². The van der Waals surface area contributed by atoms with Gasteiger partial charge in [-0.3, -0.25) is 4.98 Å². The number of hydrogen-bond acceptors (Lipinski definition) is 5. The Hall–Kier alpha value is -2.76. The van der Waals surface area contributed by atoms with E-state index in [9.17, 15) is 14.0 Å². The molecule has 0 saturated heterocycles. The normalized spacial score (nSPS) is 10.6. The highest BCUT2D eigenvalue weighted by molar-refractivity contribution is 6.00. The number of rotatable bonds is 5. The molecule has 0 radical (unpaired) electrons. The van der Waals surface area contributed by atoms with Crippen LogP contribution in [0.2, 0.25) is 0 Å². The molecular weight excluding hydrogens is 325 g/mol. The van der Waals surface area contributed by atoms with Crippen LogP contribution in [0, 0.1) is 5.82 Å². The van der Waals surface area contributed by atoms with Crippen molar-refractivity contribution in [3.63, 3.8) is 0 Å². The summed E-state index contributed by atoms with van der Waals surface area (Å²) < 4.78 is 23.1.